The molecule has 1 aliphatic heterocycles. The minimum absolute atomic E-state index is 0.770. The number of hydrogen-bond donors (Lipinski definition) is 1. The lowest BCUT2D eigenvalue weighted by Crippen LogP contribution is -2.32. The molecule has 2 aromatic carbocycles. The first-order chi connectivity index (χ1) is 10.4. The molecule has 0 amide bonds. The second-order valence-electron chi connectivity index (χ2n) is 6.35. The minimum Gasteiger partial charge on any atom is -0.316 e. The van der Waals surface area contributed by atoms with Gasteiger partial charge in [-0.15, -0.1) is 0 Å². The van der Waals surface area contributed by atoms with Gasteiger partial charge < -0.3 is 5.32 Å². The lowest BCUT2D eigenvalue weighted by atomic mass is 10.1. The summed E-state index contributed by atoms with van der Waals surface area (Å²) >= 11 is 0. The van der Waals surface area contributed by atoms with Crippen molar-refractivity contribution < 1.29 is 0 Å². The molecule has 1 saturated heterocycles. The summed E-state index contributed by atoms with van der Waals surface area (Å²) in [6.07, 6.45) is 0. The summed E-state index contributed by atoms with van der Waals surface area (Å²) in [5, 5.41) is 3.51. The van der Waals surface area contributed by atoms with E-state index in [1.807, 2.05) is 0 Å². The van der Waals surface area contributed by atoms with Crippen LogP contribution in [0.1, 0.15) is 11.1 Å². The summed E-state index contributed by atoms with van der Waals surface area (Å²) < 4.78 is 0. The third kappa shape index (κ3) is 2.74. The van der Waals surface area contributed by atoms with Crippen LogP contribution in [0.15, 0.2) is 60.7 Å². The maximum absolute atomic E-state index is 3.51. The largest absolute Gasteiger partial charge is 0.316 e. The number of fused-ring (bicyclic) bond motifs is 1. The summed E-state index contributed by atoms with van der Waals surface area (Å²) in [5.41, 5.74) is 2.85. The summed E-state index contributed by atoms with van der Waals surface area (Å²) in [7, 11) is 0. The van der Waals surface area contributed by atoms with Crippen molar-refractivity contribution in [1.82, 2.24) is 10.2 Å². The number of hydrogen-bond acceptors (Lipinski definition) is 2. The minimum atomic E-state index is 0.770. The molecule has 2 aromatic rings. The molecule has 2 nitrogen and oxygen atoms in total. The van der Waals surface area contributed by atoms with Gasteiger partial charge in [-0.1, -0.05) is 60.7 Å². The van der Waals surface area contributed by atoms with Gasteiger partial charge in [0.05, 0.1) is 0 Å². The van der Waals surface area contributed by atoms with E-state index in [0.29, 0.717) is 0 Å². The third-order valence-electron chi connectivity index (χ3n) is 4.93. The van der Waals surface area contributed by atoms with Crippen LogP contribution >= 0.6 is 0 Å². The monoisotopic (exact) mass is 278 g/mol. The standard InChI is InChI=1S/C19H22N2/c1-3-7-15(8-4-1)13-21(14-16-9-5-2-6-10-16)19-17-11-20-12-18(17)19/h1-10,17-20H,11-14H2/t17-,18-/m1/s1. The van der Waals surface area contributed by atoms with E-state index in [-0.39, 0.29) is 0 Å². The number of rotatable bonds is 5. The summed E-state index contributed by atoms with van der Waals surface area (Å²) in [4.78, 5) is 2.68. The fourth-order valence-electron chi connectivity index (χ4n) is 3.83. The van der Waals surface area contributed by atoms with Crippen molar-refractivity contribution >= 4 is 0 Å². The first-order valence-electron chi connectivity index (χ1n) is 7.94. The highest BCUT2D eigenvalue weighted by atomic mass is 15.2. The van der Waals surface area contributed by atoms with Crippen LogP contribution in [-0.4, -0.2) is 24.0 Å². The first kappa shape index (κ1) is 13.1. The Bertz CT molecular complexity index is 530. The average Bonchev–Trinajstić information content (AvgIpc) is 3.01. The normalized spacial score (nSPS) is 26.8. The van der Waals surface area contributed by atoms with E-state index >= 15 is 0 Å². The van der Waals surface area contributed by atoms with Gasteiger partial charge in [-0.3, -0.25) is 4.90 Å². The van der Waals surface area contributed by atoms with Gasteiger partial charge in [0.2, 0.25) is 0 Å². The van der Waals surface area contributed by atoms with Crippen LogP contribution < -0.4 is 5.32 Å². The number of benzene rings is 2. The zero-order valence-corrected chi connectivity index (χ0v) is 12.3. The van der Waals surface area contributed by atoms with E-state index < -0.39 is 0 Å². The Kier molecular flexibility index (Phi) is 3.50. The maximum Gasteiger partial charge on any atom is 0.0240 e. The van der Waals surface area contributed by atoms with E-state index in [2.05, 4.69) is 70.9 Å². The van der Waals surface area contributed by atoms with Crippen molar-refractivity contribution in [3.05, 3.63) is 71.8 Å². The molecule has 1 saturated carbocycles. The van der Waals surface area contributed by atoms with Crippen molar-refractivity contribution in [3.8, 4) is 0 Å². The van der Waals surface area contributed by atoms with Crippen molar-refractivity contribution in [1.29, 1.82) is 0 Å². The molecule has 2 atom stereocenters. The van der Waals surface area contributed by atoms with Gasteiger partial charge >= 0.3 is 0 Å². The van der Waals surface area contributed by atoms with Gasteiger partial charge in [-0.2, -0.15) is 0 Å². The van der Waals surface area contributed by atoms with Gasteiger partial charge in [0.15, 0.2) is 0 Å². The second-order valence-corrected chi connectivity index (χ2v) is 6.35. The smallest absolute Gasteiger partial charge is 0.0240 e. The molecule has 0 spiro atoms. The Hall–Kier alpha value is -1.64. The molecule has 2 fully saturated rings. The average molecular weight is 278 g/mol. The van der Waals surface area contributed by atoms with Crippen molar-refractivity contribution in [2.75, 3.05) is 13.1 Å². The van der Waals surface area contributed by atoms with Crippen LogP contribution in [0.2, 0.25) is 0 Å². The third-order valence-corrected chi connectivity index (χ3v) is 4.93. The SMILES string of the molecule is c1ccc(CN(Cc2ccccc2)C2[C@@H]3CNC[C@@H]23)cc1. The first-order valence-corrected chi connectivity index (χ1v) is 7.94. The molecule has 2 aliphatic rings. The Morgan fingerprint density at radius 1 is 0.762 bits per heavy atom. The van der Waals surface area contributed by atoms with Gasteiger partial charge in [-0.25, -0.2) is 0 Å². The van der Waals surface area contributed by atoms with E-state index in [1.54, 1.807) is 0 Å². The van der Waals surface area contributed by atoms with E-state index in [0.717, 1.165) is 31.0 Å². The molecule has 4 rings (SSSR count). The predicted octanol–water partition coefficient (Wildman–Crippen LogP) is 2.91. The zero-order chi connectivity index (χ0) is 14.1. The topological polar surface area (TPSA) is 15.3 Å². The summed E-state index contributed by atoms with van der Waals surface area (Å²) in [6.45, 7) is 4.53. The molecule has 1 aliphatic carbocycles. The molecule has 0 radical (unpaired) electrons. The molecule has 108 valence electrons. The molecular formula is C19H22N2. The van der Waals surface area contributed by atoms with Crippen molar-refractivity contribution in [3.63, 3.8) is 0 Å². The molecule has 1 heterocycles. The number of nitrogens with one attached hydrogen (secondary N) is 1. The quantitative estimate of drug-likeness (QED) is 0.904. The Labute approximate surface area is 126 Å². The van der Waals surface area contributed by atoms with Crippen LogP contribution in [0.3, 0.4) is 0 Å². The molecule has 21 heavy (non-hydrogen) atoms. The number of piperidine rings is 1. The van der Waals surface area contributed by atoms with Crippen molar-refractivity contribution in [2.45, 2.75) is 19.1 Å². The molecule has 0 aromatic heterocycles. The second kappa shape index (κ2) is 5.63. The van der Waals surface area contributed by atoms with Crippen LogP contribution in [-0.2, 0) is 13.1 Å². The zero-order valence-electron chi connectivity index (χ0n) is 12.3. The fourth-order valence-corrected chi connectivity index (χ4v) is 3.83. The molecular weight excluding hydrogens is 256 g/mol. The van der Waals surface area contributed by atoms with Crippen LogP contribution in [0, 0.1) is 11.8 Å². The van der Waals surface area contributed by atoms with Crippen LogP contribution in [0.25, 0.3) is 0 Å². The predicted molar refractivity (Wildman–Crippen MR) is 85.8 cm³/mol. The van der Waals surface area contributed by atoms with Crippen LogP contribution in [0.4, 0.5) is 0 Å². The van der Waals surface area contributed by atoms with Gasteiger partial charge in [0.25, 0.3) is 0 Å². The van der Waals surface area contributed by atoms with Crippen molar-refractivity contribution in [2.24, 2.45) is 11.8 Å². The van der Waals surface area contributed by atoms with Gasteiger partial charge in [-0.05, 0) is 36.1 Å². The van der Waals surface area contributed by atoms with Gasteiger partial charge in [0.1, 0.15) is 0 Å². The summed E-state index contributed by atoms with van der Waals surface area (Å²) in [5.74, 6) is 1.75. The molecule has 0 unspecified atom stereocenters. The lowest BCUT2D eigenvalue weighted by Gasteiger charge is -2.25. The maximum atomic E-state index is 3.51. The Balaban J connectivity index is 1.52. The molecule has 2 heteroatoms. The highest BCUT2D eigenvalue weighted by molar-refractivity contribution is 5.20. The van der Waals surface area contributed by atoms with Crippen LogP contribution in [0.5, 0.6) is 0 Å². The Morgan fingerprint density at radius 3 is 1.71 bits per heavy atom. The Morgan fingerprint density at radius 2 is 1.24 bits per heavy atom. The van der Waals surface area contributed by atoms with E-state index in [9.17, 15) is 0 Å². The highest BCUT2D eigenvalue weighted by Gasteiger charge is 2.55. The fraction of sp³-hybridized carbons (Fsp3) is 0.368. The number of nitrogens with zero attached hydrogens (tertiary/aromatic N) is 1. The highest BCUT2D eigenvalue weighted by Crippen LogP contribution is 2.46. The van der Waals surface area contributed by atoms with E-state index in [1.165, 1.54) is 24.2 Å². The van der Waals surface area contributed by atoms with Gasteiger partial charge in [0, 0.05) is 19.1 Å². The lowest BCUT2D eigenvalue weighted by molar-refractivity contribution is 0.219. The molecule has 0 bridgehead atoms. The summed E-state index contributed by atoms with van der Waals surface area (Å²) in [6, 6.07) is 22.5. The molecule has 1 N–H and O–H groups in total. The van der Waals surface area contributed by atoms with E-state index in [4.69, 9.17) is 0 Å².